The van der Waals surface area contributed by atoms with Gasteiger partial charge >= 0.3 is 0 Å². The second-order valence-electron chi connectivity index (χ2n) is 2.78. The topological polar surface area (TPSA) is 26.3 Å². The second-order valence-corrected chi connectivity index (χ2v) is 6.07. The fourth-order valence-electron chi connectivity index (χ4n) is 0.997. The first-order valence-corrected chi connectivity index (χ1v) is 7.00. The highest BCUT2D eigenvalue weighted by Gasteiger charge is 2.19. The van der Waals surface area contributed by atoms with Crippen LogP contribution in [0.25, 0.3) is 0 Å². The summed E-state index contributed by atoms with van der Waals surface area (Å²) in [6.07, 6.45) is 3.83. The van der Waals surface area contributed by atoms with Crippen LogP contribution >= 0.6 is 19.0 Å². The van der Waals surface area contributed by atoms with Gasteiger partial charge in [0.2, 0.25) is 7.37 Å². The number of rotatable bonds is 7. The van der Waals surface area contributed by atoms with E-state index in [0.29, 0.717) is 12.8 Å². The molecule has 0 saturated heterocycles. The van der Waals surface area contributed by atoms with Crippen LogP contribution < -0.4 is 0 Å². The number of alkyl halides is 1. The van der Waals surface area contributed by atoms with Gasteiger partial charge in [-0.2, -0.15) is 0 Å². The molecule has 0 aromatic heterocycles. The molecule has 74 valence electrons. The zero-order valence-corrected chi connectivity index (χ0v) is 9.53. The normalized spacial score (nSPS) is 15.9. The van der Waals surface area contributed by atoms with Gasteiger partial charge in [-0.05, 0) is 13.3 Å². The number of unbranched alkanes of at least 4 members (excludes halogenated alkanes) is 2. The highest BCUT2D eigenvalue weighted by molar-refractivity contribution is 7.60. The fraction of sp³-hybridized carbons (Fsp3) is 1.00. The molecule has 12 heavy (non-hydrogen) atoms. The molecule has 0 radical (unpaired) electrons. The maximum atomic E-state index is 11.7. The van der Waals surface area contributed by atoms with E-state index in [1.54, 1.807) is 0 Å². The van der Waals surface area contributed by atoms with Crippen LogP contribution in [0, 0.1) is 0 Å². The Morgan fingerprint density at radius 3 is 2.42 bits per heavy atom. The van der Waals surface area contributed by atoms with E-state index in [2.05, 4.69) is 6.92 Å². The average molecular weight is 213 g/mol. The van der Waals surface area contributed by atoms with Crippen molar-refractivity contribution in [2.75, 3.05) is 18.4 Å². The molecule has 0 bridgehead atoms. The standard InChI is InChI=1S/C8H18ClO2P/c1-3-5-6-7-12(10,8-9)11-4-2/h3-8H2,1-2H3. The summed E-state index contributed by atoms with van der Waals surface area (Å²) in [7, 11) is -2.46. The maximum absolute atomic E-state index is 11.7. The predicted molar refractivity (Wildman–Crippen MR) is 54.3 cm³/mol. The van der Waals surface area contributed by atoms with Crippen LogP contribution in [0.5, 0.6) is 0 Å². The Morgan fingerprint density at radius 1 is 1.33 bits per heavy atom. The fourth-order valence-corrected chi connectivity index (χ4v) is 3.06. The Kier molecular flexibility index (Phi) is 7.22. The molecule has 0 aliphatic rings. The largest absolute Gasteiger partial charge is 0.328 e. The first kappa shape index (κ1) is 12.5. The van der Waals surface area contributed by atoms with Crippen LogP contribution in [0.1, 0.15) is 33.1 Å². The van der Waals surface area contributed by atoms with Gasteiger partial charge in [0.05, 0.1) is 12.2 Å². The van der Waals surface area contributed by atoms with Crippen molar-refractivity contribution in [2.24, 2.45) is 0 Å². The minimum Gasteiger partial charge on any atom is -0.328 e. The number of hydrogen-bond acceptors (Lipinski definition) is 2. The van der Waals surface area contributed by atoms with Crippen molar-refractivity contribution >= 4 is 19.0 Å². The van der Waals surface area contributed by atoms with Gasteiger partial charge in [0.1, 0.15) is 0 Å². The Bertz CT molecular complexity index is 150. The molecular weight excluding hydrogens is 195 g/mol. The number of halogens is 1. The summed E-state index contributed by atoms with van der Waals surface area (Å²) in [4.78, 5) is 0. The lowest BCUT2D eigenvalue weighted by atomic mass is 10.3. The third-order valence-electron chi connectivity index (χ3n) is 1.65. The molecule has 0 saturated carbocycles. The SMILES string of the molecule is CCCCCP(=O)(CCl)OCC. The zero-order valence-electron chi connectivity index (χ0n) is 7.88. The second kappa shape index (κ2) is 6.94. The molecule has 1 atom stereocenters. The molecule has 2 nitrogen and oxygen atoms in total. The Labute approximate surface area is 80.1 Å². The maximum Gasteiger partial charge on any atom is 0.217 e. The average Bonchev–Trinajstić information content (AvgIpc) is 2.06. The van der Waals surface area contributed by atoms with Crippen LogP contribution in [-0.4, -0.2) is 18.4 Å². The van der Waals surface area contributed by atoms with E-state index >= 15 is 0 Å². The van der Waals surface area contributed by atoms with Crippen LogP contribution in [0.2, 0.25) is 0 Å². The Morgan fingerprint density at radius 2 is 2.00 bits per heavy atom. The lowest BCUT2D eigenvalue weighted by Crippen LogP contribution is -1.96. The molecular formula is C8H18ClO2P. The molecule has 0 heterocycles. The molecule has 0 aliphatic heterocycles. The molecule has 4 heteroatoms. The Balaban J connectivity index is 3.72. The minimum atomic E-state index is -2.46. The minimum absolute atomic E-state index is 0.157. The van der Waals surface area contributed by atoms with Crippen molar-refractivity contribution in [3.8, 4) is 0 Å². The van der Waals surface area contributed by atoms with Gasteiger partial charge in [0.25, 0.3) is 0 Å². The van der Waals surface area contributed by atoms with Gasteiger partial charge in [-0.15, -0.1) is 11.6 Å². The molecule has 0 aliphatic carbocycles. The Hall–Kier alpha value is 0.480. The summed E-state index contributed by atoms with van der Waals surface area (Å²) in [6, 6.07) is 0. The summed E-state index contributed by atoms with van der Waals surface area (Å²) in [5.74, 6) is 0. The van der Waals surface area contributed by atoms with E-state index in [4.69, 9.17) is 16.1 Å². The molecule has 0 amide bonds. The van der Waals surface area contributed by atoms with Crippen LogP contribution in [0.15, 0.2) is 0 Å². The van der Waals surface area contributed by atoms with Gasteiger partial charge in [0.15, 0.2) is 0 Å². The third kappa shape index (κ3) is 5.18. The van der Waals surface area contributed by atoms with Gasteiger partial charge < -0.3 is 4.52 Å². The molecule has 0 spiro atoms. The summed E-state index contributed by atoms with van der Waals surface area (Å²) < 4.78 is 16.9. The van der Waals surface area contributed by atoms with E-state index in [-0.39, 0.29) is 5.62 Å². The lowest BCUT2D eigenvalue weighted by Gasteiger charge is -2.13. The highest BCUT2D eigenvalue weighted by Crippen LogP contribution is 2.48. The predicted octanol–water partition coefficient (Wildman–Crippen LogP) is 3.69. The van der Waals surface area contributed by atoms with Gasteiger partial charge in [0, 0.05) is 6.16 Å². The van der Waals surface area contributed by atoms with Crippen molar-refractivity contribution < 1.29 is 9.09 Å². The zero-order chi connectivity index (χ0) is 9.45. The summed E-state index contributed by atoms with van der Waals surface area (Å²) in [6.45, 7) is 4.46. The molecule has 0 aromatic carbocycles. The first-order chi connectivity index (χ1) is 5.68. The van der Waals surface area contributed by atoms with E-state index < -0.39 is 7.37 Å². The van der Waals surface area contributed by atoms with Crippen molar-refractivity contribution in [1.82, 2.24) is 0 Å². The molecule has 0 rings (SSSR count). The monoisotopic (exact) mass is 212 g/mol. The quantitative estimate of drug-likeness (QED) is 0.366. The van der Waals surface area contributed by atoms with E-state index in [1.165, 1.54) is 0 Å². The van der Waals surface area contributed by atoms with Crippen LogP contribution in [-0.2, 0) is 9.09 Å². The van der Waals surface area contributed by atoms with E-state index in [9.17, 15) is 4.57 Å². The van der Waals surface area contributed by atoms with Crippen molar-refractivity contribution in [3.05, 3.63) is 0 Å². The van der Waals surface area contributed by atoms with Gasteiger partial charge in [-0.1, -0.05) is 19.8 Å². The molecule has 1 unspecified atom stereocenters. The molecule has 0 N–H and O–H groups in total. The summed E-state index contributed by atoms with van der Waals surface area (Å²) in [5.41, 5.74) is 0.157. The molecule has 0 fully saturated rings. The molecule has 0 aromatic rings. The van der Waals surface area contributed by atoms with Crippen LogP contribution in [0.3, 0.4) is 0 Å². The van der Waals surface area contributed by atoms with Gasteiger partial charge in [-0.3, -0.25) is 4.57 Å². The van der Waals surface area contributed by atoms with Gasteiger partial charge in [-0.25, -0.2) is 0 Å². The smallest absolute Gasteiger partial charge is 0.217 e. The summed E-state index contributed by atoms with van der Waals surface area (Å²) >= 11 is 5.58. The number of hydrogen-bond donors (Lipinski definition) is 0. The van der Waals surface area contributed by atoms with Crippen molar-refractivity contribution in [1.29, 1.82) is 0 Å². The van der Waals surface area contributed by atoms with E-state index in [0.717, 1.165) is 19.3 Å². The third-order valence-corrected chi connectivity index (χ3v) is 4.83. The highest BCUT2D eigenvalue weighted by atomic mass is 35.5. The van der Waals surface area contributed by atoms with E-state index in [1.807, 2.05) is 6.92 Å². The van der Waals surface area contributed by atoms with Crippen molar-refractivity contribution in [2.45, 2.75) is 33.1 Å². The first-order valence-electron chi connectivity index (χ1n) is 4.47. The summed E-state index contributed by atoms with van der Waals surface area (Å²) in [5, 5.41) is 0. The van der Waals surface area contributed by atoms with Crippen LogP contribution in [0.4, 0.5) is 0 Å². The lowest BCUT2D eigenvalue weighted by molar-refractivity contribution is 0.335. The van der Waals surface area contributed by atoms with Crippen molar-refractivity contribution in [3.63, 3.8) is 0 Å².